The number of hydrogen-bond donors (Lipinski definition) is 1. The summed E-state index contributed by atoms with van der Waals surface area (Å²) in [7, 11) is 0.286. The highest BCUT2D eigenvalue weighted by atomic mass is 32.2. The molecule has 1 aromatic carbocycles. The predicted octanol–water partition coefficient (Wildman–Crippen LogP) is 3.99. The van der Waals surface area contributed by atoms with E-state index >= 15 is 0 Å². The first-order valence-corrected chi connectivity index (χ1v) is 12.0. The van der Waals surface area contributed by atoms with Crippen molar-refractivity contribution in [3.05, 3.63) is 28.8 Å². The quantitative estimate of drug-likeness (QED) is 0.703. The summed E-state index contributed by atoms with van der Waals surface area (Å²) in [5.74, 6) is 0.669. The number of hydrogen-bond acceptors (Lipinski definition) is 2. The summed E-state index contributed by atoms with van der Waals surface area (Å²) in [6.07, 6.45) is 0. The monoisotopic (exact) mass is 411 g/mol. The van der Waals surface area contributed by atoms with Crippen LogP contribution in [0, 0.1) is 0 Å². The number of sulfonamides is 1. The Morgan fingerprint density at radius 1 is 0.929 bits per heavy atom. The van der Waals surface area contributed by atoms with Crippen molar-refractivity contribution in [3.8, 4) is 0 Å². The molecular formula is C23H43N2O2S+. The average molecular weight is 412 g/mol. The normalized spacial score (nSPS) is 14.5. The minimum Gasteiger partial charge on any atom is -0.332 e. The summed E-state index contributed by atoms with van der Waals surface area (Å²) < 4.78 is 28.8. The van der Waals surface area contributed by atoms with Crippen molar-refractivity contribution in [2.75, 3.05) is 27.2 Å². The van der Waals surface area contributed by atoms with Crippen LogP contribution in [0.2, 0.25) is 0 Å². The van der Waals surface area contributed by atoms with Gasteiger partial charge in [0.2, 0.25) is 10.0 Å². The number of quaternary nitrogens is 1. The van der Waals surface area contributed by atoms with E-state index in [1.165, 1.54) is 10.5 Å². The molecule has 0 amide bonds. The smallest absolute Gasteiger partial charge is 0.243 e. The molecule has 0 saturated heterocycles. The van der Waals surface area contributed by atoms with E-state index in [1.807, 2.05) is 0 Å². The number of likely N-dealkylation sites (N-methyl/N-ethyl adjacent to an activating group) is 2. The molecule has 4 nitrogen and oxygen atoms in total. The molecule has 0 spiro atoms. The molecule has 0 aliphatic heterocycles. The molecule has 0 aromatic heterocycles. The van der Waals surface area contributed by atoms with Crippen LogP contribution in [0.15, 0.2) is 17.0 Å². The van der Waals surface area contributed by atoms with Crippen molar-refractivity contribution in [3.63, 3.8) is 0 Å². The molecule has 0 saturated carbocycles. The van der Waals surface area contributed by atoms with Crippen LogP contribution in [0.1, 0.15) is 96.8 Å². The molecule has 5 heteroatoms. The van der Waals surface area contributed by atoms with Crippen LogP contribution in [0.5, 0.6) is 0 Å². The molecule has 1 unspecified atom stereocenters. The molecule has 1 atom stereocenters. The van der Waals surface area contributed by atoms with E-state index in [1.54, 1.807) is 11.4 Å². The maximum atomic E-state index is 13.6. The van der Waals surface area contributed by atoms with Crippen LogP contribution in [0.4, 0.5) is 0 Å². The van der Waals surface area contributed by atoms with E-state index in [4.69, 9.17) is 0 Å². The summed E-state index contributed by atoms with van der Waals surface area (Å²) in [6, 6.07) is 4.21. The second-order valence-corrected chi connectivity index (χ2v) is 12.1. The fourth-order valence-electron chi connectivity index (χ4n) is 3.16. The maximum Gasteiger partial charge on any atom is 0.243 e. The maximum absolute atomic E-state index is 13.6. The molecule has 1 N–H and O–H groups in total. The molecule has 0 bridgehead atoms. The van der Waals surface area contributed by atoms with Crippen molar-refractivity contribution in [2.45, 2.75) is 90.5 Å². The van der Waals surface area contributed by atoms with Gasteiger partial charge in [0.05, 0.1) is 30.6 Å². The average Bonchev–Trinajstić information content (AvgIpc) is 2.56. The zero-order valence-electron chi connectivity index (χ0n) is 20.0. The van der Waals surface area contributed by atoms with Gasteiger partial charge in [-0.05, 0) is 55.2 Å². The van der Waals surface area contributed by atoms with Gasteiger partial charge in [-0.3, -0.25) is 0 Å². The molecule has 1 rings (SSSR count). The van der Waals surface area contributed by atoms with Gasteiger partial charge in [0.1, 0.15) is 0 Å². The van der Waals surface area contributed by atoms with E-state index in [0.29, 0.717) is 17.4 Å². The Balaban J connectivity index is 3.46. The number of rotatable bonds is 8. The van der Waals surface area contributed by atoms with Gasteiger partial charge in [-0.2, -0.15) is 4.31 Å². The first-order chi connectivity index (χ1) is 12.6. The predicted molar refractivity (Wildman–Crippen MR) is 120 cm³/mol. The first kappa shape index (κ1) is 25.1. The van der Waals surface area contributed by atoms with Crippen molar-refractivity contribution in [1.82, 2.24) is 4.31 Å². The minimum atomic E-state index is -3.55. The third-order valence-electron chi connectivity index (χ3n) is 5.83. The van der Waals surface area contributed by atoms with E-state index in [9.17, 15) is 8.42 Å². The lowest BCUT2D eigenvalue weighted by molar-refractivity contribution is -0.927. The van der Waals surface area contributed by atoms with Crippen molar-refractivity contribution < 1.29 is 13.3 Å². The van der Waals surface area contributed by atoms with Gasteiger partial charge >= 0.3 is 0 Å². The van der Waals surface area contributed by atoms with E-state index in [0.717, 1.165) is 17.7 Å². The molecule has 28 heavy (non-hydrogen) atoms. The highest BCUT2D eigenvalue weighted by Gasteiger charge is 2.31. The number of nitrogens with one attached hydrogen (secondary N) is 1. The lowest BCUT2D eigenvalue weighted by Crippen LogP contribution is -3.16. The first-order valence-electron chi connectivity index (χ1n) is 10.6. The van der Waals surface area contributed by atoms with Crippen LogP contribution in [0.3, 0.4) is 0 Å². The van der Waals surface area contributed by atoms with E-state index in [2.05, 4.69) is 81.5 Å². The third-order valence-corrected chi connectivity index (χ3v) is 7.82. The summed E-state index contributed by atoms with van der Waals surface area (Å²) in [5, 5.41) is 0. The zero-order chi connectivity index (χ0) is 22.0. The molecule has 0 aliphatic rings. The highest BCUT2D eigenvalue weighted by molar-refractivity contribution is 7.89. The van der Waals surface area contributed by atoms with Gasteiger partial charge in [0, 0.05) is 7.05 Å². The molecular weight excluding hydrogens is 368 g/mol. The number of nitrogens with zero attached hydrogens (tertiary/aromatic N) is 1. The Morgan fingerprint density at radius 3 is 1.68 bits per heavy atom. The number of benzene rings is 1. The molecule has 0 radical (unpaired) electrons. The van der Waals surface area contributed by atoms with Crippen LogP contribution >= 0.6 is 0 Å². The van der Waals surface area contributed by atoms with Gasteiger partial charge in [-0.1, -0.05) is 53.7 Å². The standard InChI is InChI=1S/C23H42N2O2S/c1-16(2)19-14-20(17(3)4)22(21(15-19)18(5)6)28(26,27)25(11)13-12-24(10)23(7,8)9/h14-18H,12-13H2,1-11H3/p+1. The summed E-state index contributed by atoms with van der Waals surface area (Å²) in [6.45, 7) is 20.5. The molecule has 0 aliphatic carbocycles. The Labute approximate surface area is 174 Å². The van der Waals surface area contributed by atoms with Crippen LogP contribution in [0.25, 0.3) is 0 Å². The lowest BCUT2D eigenvalue weighted by Gasteiger charge is -2.31. The summed E-state index contributed by atoms with van der Waals surface area (Å²) >= 11 is 0. The second kappa shape index (κ2) is 9.27. The zero-order valence-corrected chi connectivity index (χ0v) is 20.8. The van der Waals surface area contributed by atoms with Crippen molar-refractivity contribution in [2.24, 2.45) is 0 Å². The van der Waals surface area contributed by atoms with Gasteiger partial charge in [-0.25, -0.2) is 8.42 Å². The Hall–Kier alpha value is -0.910. The largest absolute Gasteiger partial charge is 0.332 e. The molecule has 0 fully saturated rings. The van der Waals surface area contributed by atoms with Crippen molar-refractivity contribution in [1.29, 1.82) is 0 Å². The van der Waals surface area contributed by atoms with E-state index < -0.39 is 10.0 Å². The Morgan fingerprint density at radius 2 is 1.36 bits per heavy atom. The summed E-state index contributed by atoms with van der Waals surface area (Å²) in [5.41, 5.74) is 3.19. The molecule has 1 aromatic rings. The van der Waals surface area contributed by atoms with Gasteiger partial charge in [-0.15, -0.1) is 0 Å². The second-order valence-electron chi connectivity index (χ2n) is 10.1. The van der Waals surface area contributed by atoms with E-state index in [-0.39, 0.29) is 17.4 Å². The third kappa shape index (κ3) is 5.80. The fraction of sp³-hybridized carbons (Fsp3) is 0.739. The SMILES string of the molecule is CC(C)c1cc(C(C)C)c(S(=O)(=O)N(C)CC[NH+](C)C(C)(C)C)c(C(C)C)c1. The van der Waals surface area contributed by atoms with Crippen LogP contribution in [-0.2, 0) is 10.0 Å². The fourth-order valence-corrected chi connectivity index (χ4v) is 4.99. The molecule has 162 valence electrons. The van der Waals surface area contributed by atoms with Crippen LogP contribution in [-0.4, -0.2) is 45.4 Å². The van der Waals surface area contributed by atoms with Crippen LogP contribution < -0.4 is 4.90 Å². The minimum absolute atomic E-state index is 0.0930. The van der Waals surface area contributed by atoms with Gasteiger partial charge in [0.25, 0.3) is 0 Å². The highest BCUT2D eigenvalue weighted by Crippen LogP contribution is 2.36. The Kier molecular flexibility index (Phi) is 8.32. The van der Waals surface area contributed by atoms with Gasteiger partial charge in [0.15, 0.2) is 0 Å². The van der Waals surface area contributed by atoms with Crippen molar-refractivity contribution >= 4 is 10.0 Å². The summed E-state index contributed by atoms with van der Waals surface area (Å²) in [4.78, 5) is 1.84. The topological polar surface area (TPSA) is 41.8 Å². The Bertz CT molecular complexity index is 730. The molecule has 0 heterocycles. The lowest BCUT2D eigenvalue weighted by atomic mass is 9.89. The van der Waals surface area contributed by atoms with Gasteiger partial charge < -0.3 is 4.90 Å².